The Kier molecular flexibility index (Phi) is 4.38. The first-order chi connectivity index (χ1) is 13.8. The lowest BCUT2D eigenvalue weighted by molar-refractivity contribution is -0.124. The molecule has 0 spiro atoms. The van der Waals surface area contributed by atoms with Crippen LogP contribution >= 0.6 is 0 Å². The number of fused-ring (bicyclic) bond motifs is 5. The number of hydrogen-bond donors (Lipinski definition) is 1. The van der Waals surface area contributed by atoms with Gasteiger partial charge in [-0.05, 0) is 86.3 Å². The molecule has 0 unspecified atom stereocenters. The average Bonchev–Trinajstić information content (AvgIpc) is 3.01. The van der Waals surface area contributed by atoms with Crippen LogP contribution in [0.5, 0.6) is 5.75 Å². The van der Waals surface area contributed by atoms with Crippen LogP contribution in [0.25, 0.3) is 0 Å². The topological polar surface area (TPSA) is 38.3 Å². The van der Waals surface area contributed by atoms with E-state index in [9.17, 15) is 4.79 Å². The van der Waals surface area contributed by atoms with Crippen molar-refractivity contribution in [1.29, 1.82) is 0 Å². The molecule has 1 aromatic carbocycles. The summed E-state index contributed by atoms with van der Waals surface area (Å²) in [6, 6.07) is 8.81. The van der Waals surface area contributed by atoms with E-state index in [1.54, 1.807) is 6.08 Å². The van der Waals surface area contributed by atoms with Gasteiger partial charge < -0.3 is 10.1 Å². The number of aryl methyl sites for hydroxylation is 1. The minimum atomic E-state index is 0.0891. The van der Waals surface area contributed by atoms with Crippen LogP contribution in [-0.4, -0.2) is 18.1 Å². The smallest absolute Gasteiger partial charge is 0.243 e. The zero-order valence-corrected chi connectivity index (χ0v) is 18.3. The molecule has 1 N–H and O–H groups in total. The highest BCUT2D eigenvalue weighted by molar-refractivity contribution is 5.89. The standard InChI is InChI=1S/C26H35NO2/c1-16-5-7-18(8-6-16)29-19-14-21-24-17(2)13-22-26(4,12-10-23(28)27-22)20(24)9-11-25(21,3)15-19/h5-8,10,12,17,19-22,24H,9,11,13-15H2,1-4H3,(H,27,28)/t17-,19-,20-,21-,22+,24+,25+,26+/m0/s1. The first-order valence-electron chi connectivity index (χ1n) is 11.5. The minimum Gasteiger partial charge on any atom is -0.490 e. The van der Waals surface area contributed by atoms with E-state index in [-0.39, 0.29) is 11.3 Å². The fourth-order valence-electron chi connectivity index (χ4n) is 7.58. The predicted octanol–water partition coefficient (Wildman–Crippen LogP) is 5.29. The molecule has 1 aromatic rings. The van der Waals surface area contributed by atoms with Gasteiger partial charge in [0.15, 0.2) is 0 Å². The Morgan fingerprint density at radius 3 is 2.62 bits per heavy atom. The summed E-state index contributed by atoms with van der Waals surface area (Å²) >= 11 is 0. The summed E-state index contributed by atoms with van der Waals surface area (Å²) in [6.07, 6.45) is 10.4. The van der Waals surface area contributed by atoms with Crippen LogP contribution in [0.4, 0.5) is 0 Å². The molecule has 8 atom stereocenters. The molecule has 3 heteroatoms. The van der Waals surface area contributed by atoms with Crippen molar-refractivity contribution in [1.82, 2.24) is 5.32 Å². The molecule has 4 aliphatic rings. The maximum atomic E-state index is 12.0. The normalized spacial score (nSPS) is 45.7. The monoisotopic (exact) mass is 393 g/mol. The molecule has 29 heavy (non-hydrogen) atoms. The van der Waals surface area contributed by atoms with Crippen LogP contribution in [0.1, 0.15) is 58.4 Å². The largest absolute Gasteiger partial charge is 0.490 e. The molecular formula is C26H35NO2. The summed E-state index contributed by atoms with van der Waals surface area (Å²) < 4.78 is 6.48. The molecule has 3 saturated carbocycles. The van der Waals surface area contributed by atoms with Crippen LogP contribution < -0.4 is 10.1 Å². The summed E-state index contributed by atoms with van der Waals surface area (Å²) in [5.74, 6) is 3.85. The summed E-state index contributed by atoms with van der Waals surface area (Å²) in [5, 5.41) is 3.29. The predicted molar refractivity (Wildman–Crippen MR) is 116 cm³/mol. The number of hydrogen-bond acceptors (Lipinski definition) is 2. The number of carbonyl (C=O) groups excluding carboxylic acids is 1. The van der Waals surface area contributed by atoms with Crippen LogP contribution in [0.15, 0.2) is 36.4 Å². The summed E-state index contributed by atoms with van der Waals surface area (Å²) in [7, 11) is 0. The molecule has 5 rings (SSSR count). The highest BCUT2D eigenvalue weighted by Gasteiger charge is 2.60. The lowest BCUT2D eigenvalue weighted by atomic mass is 9.46. The van der Waals surface area contributed by atoms with Crippen LogP contribution in [-0.2, 0) is 4.79 Å². The molecule has 156 valence electrons. The molecule has 1 amide bonds. The molecule has 0 radical (unpaired) electrons. The van der Waals surface area contributed by atoms with Gasteiger partial charge in [-0.1, -0.05) is 44.5 Å². The Balaban J connectivity index is 1.40. The molecular weight excluding hydrogens is 358 g/mol. The Morgan fingerprint density at radius 1 is 1.10 bits per heavy atom. The molecule has 3 aliphatic carbocycles. The average molecular weight is 394 g/mol. The van der Waals surface area contributed by atoms with Gasteiger partial charge in [0, 0.05) is 11.5 Å². The molecule has 0 saturated heterocycles. The maximum Gasteiger partial charge on any atom is 0.243 e. The van der Waals surface area contributed by atoms with Crippen molar-refractivity contribution in [2.75, 3.05) is 0 Å². The third kappa shape index (κ3) is 3.04. The fraction of sp³-hybridized carbons (Fsp3) is 0.654. The quantitative estimate of drug-likeness (QED) is 0.742. The maximum absolute atomic E-state index is 12.0. The summed E-state index contributed by atoms with van der Waals surface area (Å²) in [4.78, 5) is 12.0. The van der Waals surface area contributed by atoms with Crippen molar-refractivity contribution >= 4 is 5.91 Å². The molecule has 3 nitrogen and oxygen atoms in total. The van der Waals surface area contributed by atoms with Gasteiger partial charge in [-0.3, -0.25) is 4.79 Å². The number of benzene rings is 1. The highest BCUT2D eigenvalue weighted by atomic mass is 16.5. The summed E-state index contributed by atoms with van der Waals surface area (Å²) in [5.41, 5.74) is 1.76. The third-order valence-electron chi connectivity index (χ3n) is 9.11. The van der Waals surface area contributed by atoms with Crippen molar-refractivity contribution in [2.45, 2.75) is 71.9 Å². The van der Waals surface area contributed by atoms with E-state index >= 15 is 0 Å². The number of ether oxygens (including phenoxy) is 1. The SMILES string of the molecule is Cc1ccc(O[C@H]2C[C@H]3[C@@H]4[C@@H](C)C[C@H]5NC(=O)C=C[C@]5(C)[C@H]4CC[C@]3(C)C2)cc1. The number of amides is 1. The van der Waals surface area contributed by atoms with E-state index in [0.717, 1.165) is 24.0 Å². The van der Waals surface area contributed by atoms with Crippen LogP contribution in [0.2, 0.25) is 0 Å². The van der Waals surface area contributed by atoms with Gasteiger partial charge in [0.05, 0.1) is 6.10 Å². The second-order valence-corrected chi connectivity index (χ2v) is 10.9. The second-order valence-electron chi connectivity index (χ2n) is 10.9. The Bertz CT molecular complexity index is 830. The number of rotatable bonds is 2. The molecule has 1 heterocycles. The van der Waals surface area contributed by atoms with Gasteiger partial charge in [0.25, 0.3) is 0 Å². The van der Waals surface area contributed by atoms with E-state index in [2.05, 4.69) is 63.4 Å². The number of nitrogens with one attached hydrogen (secondary N) is 1. The van der Waals surface area contributed by atoms with Crippen molar-refractivity contribution in [3.63, 3.8) is 0 Å². The van der Waals surface area contributed by atoms with Gasteiger partial charge in [-0.15, -0.1) is 0 Å². The summed E-state index contributed by atoms with van der Waals surface area (Å²) in [6.45, 7) is 9.47. The Morgan fingerprint density at radius 2 is 1.86 bits per heavy atom. The molecule has 1 aliphatic heterocycles. The van der Waals surface area contributed by atoms with Gasteiger partial charge in [-0.2, -0.15) is 0 Å². The van der Waals surface area contributed by atoms with E-state index < -0.39 is 0 Å². The zero-order valence-electron chi connectivity index (χ0n) is 18.3. The van der Waals surface area contributed by atoms with Gasteiger partial charge in [0.1, 0.15) is 5.75 Å². The molecule has 3 fully saturated rings. The van der Waals surface area contributed by atoms with E-state index in [1.807, 2.05) is 0 Å². The van der Waals surface area contributed by atoms with Crippen molar-refractivity contribution in [3.8, 4) is 5.75 Å². The van der Waals surface area contributed by atoms with E-state index in [0.29, 0.717) is 29.4 Å². The van der Waals surface area contributed by atoms with Crippen LogP contribution in [0, 0.1) is 41.4 Å². The highest BCUT2D eigenvalue weighted by Crippen LogP contribution is 2.64. The lowest BCUT2D eigenvalue weighted by Crippen LogP contribution is -2.61. The van der Waals surface area contributed by atoms with Crippen molar-refractivity contribution in [3.05, 3.63) is 42.0 Å². The van der Waals surface area contributed by atoms with Gasteiger partial charge in [-0.25, -0.2) is 0 Å². The number of carbonyl (C=O) groups is 1. The fourth-order valence-corrected chi connectivity index (χ4v) is 7.58. The van der Waals surface area contributed by atoms with E-state index in [4.69, 9.17) is 4.74 Å². The van der Waals surface area contributed by atoms with Crippen molar-refractivity contribution in [2.24, 2.45) is 34.5 Å². The molecule has 0 aromatic heterocycles. The van der Waals surface area contributed by atoms with Gasteiger partial charge in [0.2, 0.25) is 5.91 Å². The zero-order chi connectivity index (χ0) is 20.4. The van der Waals surface area contributed by atoms with Gasteiger partial charge >= 0.3 is 0 Å². The van der Waals surface area contributed by atoms with Crippen molar-refractivity contribution < 1.29 is 9.53 Å². The Hall–Kier alpha value is -1.77. The van der Waals surface area contributed by atoms with Crippen LogP contribution in [0.3, 0.4) is 0 Å². The molecule has 0 bridgehead atoms. The minimum absolute atomic E-state index is 0.0891. The first kappa shape index (κ1) is 19.2. The second kappa shape index (κ2) is 6.62. The first-order valence-corrected chi connectivity index (χ1v) is 11.5. The third-order valence-corrected chi connectivity index (χ3v) is 9.11. The van der Waals surface area contributed by atoms with E-state index in [1.165, 1.54) is 31.2 Å². The Labute approximate surface area is 175 Å². The lowest BCUT2D eigenvalue weighted by Gasteiger charge is -2.60.